The molecular formula is C11H14FN3. The van der Waals surface area contributed by atoms with Crippen molar-refractivity contribution in [3.8, 4) is 0 Å². The summed E-state index contributed by atoms with van der Waals surface area (Å²) >= 11 is 0. The predicted octanol–water partition coefficient (Wildman–Crippen LogP) is 2.53. The van der Waals surface area contributed by atoms with Gasteiger partial charge in [0.1, 0.15) is 18.6 Å². The van der Waals surface area contributed by atoms with Gasteiger partial charge < -0.3 is 4.57 Å². The van der Waals surface area contributed by atoms with Gasteiger partial charge in [0.15, 0.2) is 0 Å². The molecule has 0 aliphatic carbocycles. The number of fused-ring (bicyclic) bond motifs is 1. The van der Waals surface area contributed by atoms with Crippen molar-refractivity contribution in [1.82, 2.24) is 14.5 Å². The quantitative estimate of drug-likeness (QED) is 0.774. The highest BCUT2D eigenvalue weighted by molar-refractivity contribution is 5.75. The summed E-state index contributed by atoms with van der Waals surface area (Å²) in [5, 5.41) is 0.950. The molecule has 0 radical (unpaired) electrons. The molecule has 0 bridgehead atoms. The Kier molecular flexibility index (Phi) is 2.42. The second-order valence-electron chi connectivity index (χ2n) is 3.97. The lowest BCUT2D eigenvalue weighted by Gasteiger charge is -2.27. The standard InChI is InChI=1S/C11H14FN3/c1-3-11(2,7-12)15-5-4-9-6-13-8-14-10(9)15/h4-6,8H,3,7H2,1-2H3. The number of rotatable bonds is 3. The third-order valence-electron chi connectivity index (χ3n) is 2.98. The molecule has 2 aromatic heterocycles. The Labute approximate surface area is 88.0 Å². The zero-order chi connectivity index (χ0) is 10.9. The number of hydrogen-bond donors (Lipinski definition) is 0. The van der Waals surface area contributed by atoms with E-state index in [-0.39, 0.29) is 0 Å². The van der Waals surface area contributed by atoms with Crippen LogP contribution in [0.1, 0.15) is 20.3 Å². The minimum atomic E-state index is -0.504. The molecule has 0 aromatic carbocycles. The highest BCUT2D eigenvalue weighted by atomic mass is 19.1. The first-order chi connectivity index (χ1) is 7.21. The van der Waals surface area contributed by atoms with Crippen LogP contribution in [0.5, 0.6) is 0 Å². The van der Waals surface area contributed by atoms with E-state index in [0.717, 1.165) is 17.5 Å². The van der Waals surface area contributed by atoms with E-state index in [2.05, 4.69) is 9.97 Å². The summed E-state index contributed by atoms with van der Waals surface area (Å²) in [5.74, 6) is 0. The Bertz CT molecular complexity index is 460. The second-order valence-corrected chi connectivity index (χ2v) is 3.97. The first-order valence-corrected chi connectivity index (χ1v) is 5.05. The fourth-order valence-electron chi connectivity index (χ4n) is 1.64. The molecule has 3 nitrogen and oxygen atoms in total. The molecular weight excluding hydrogens is 193 g/mol. The zero-order valence-electron chi connectivity index (χ0n) is 8.94. The van der Waals surface area contributed by atoms with Gasteiger partial charge in [0.2, 0.25) is 0 Å². The van der Waals surface area contributed by atoms with Crippen LogP contribution in [0.3, 0.4) is 0 Å². The van der Waals surface area contributed by atoms with E-state index in [4.69, 9.17) is 0 Å². The molecule has 1 atom stereocenters. The zero-order valence-corrected chi connectivity index (χ0v) is 8.94. The Balaban J connectivity index is 2.61. The van der Waals surface area contributed by atoms with Crippen molar-refractivity contribution >= 4 is 11.0 Å². The molecule has 2 heterocycles. The Morgan fingerprint density at radius 3 is 3.00 bits per heavy atom. The number of aromatic nitrogens is 3. The Morgan fingerprint density at radius 2 is 2.33 bits per heavy atom. The predicted molar refractivity (Wildman–Crippen MR) is 57.4 cm³/mol. The summed E-state index contributed by atoms with van der Waals surface area (Å²) in [7, 11) is 0. The number of hydrogen-bond acceptors (Lipinski definition) is 2. The molecule has 2 aromatic rings. The fourth-order valence-corrected chi connectivity index (χ4v) is 1.64. The van der Waals surface area contributed by atoms with Crippen molar-refractivity contribution in [1.29, 1.82) is 0 Å². The van der Waals surface area contributed by atoms with Gasteiger partial charge in [0.25, 0.3) is 0 Å². The minimum absolute atomic E-state index is 0.392. The van der Waals surface area contributed by atoms with Gasteiger partial charge in [-0.1, -0.05) is 6.92 Å². The maximum atomic E-state index is 13.1. The summed E-state index contributed by atoms with van der Waals surface area (Å²) in [6.45, 7) is 3.48. The Morgan fingerprint density at radius 1 is 1.53 bits per heavy atom. The summed E-state index contributed by atoms with van der Waals surface area (Å²) in [6, 6.07) is 1.92. The van der Waals surface area contributed by atoms with Crippen LogP contribution < -0.4 is 0 Å². The second kappa shape index (κ2) is 3.61. The lowest BCUT2D eigenvalue weighted by atomic mass is 10.0. The molecule has 0 amide bonds. The van der Waals surface area contributed by atoms with Crippen LogP contribution in [0.15, 0.2) is 24.8 Å². The van der Waals surface area contributed by atoms with Crippen molar-refractivity contribution in [3.63, 3.8) is 0 Å². The van der Waals surface area contributed by atoms with E-state index >= 15 is 0 Å². The van der Waals surface area contributed by atoms with E-state index in [9.17, 15) is 4.39 Å². The molecule has 4 heteroatoms. The fraction of sp³-hybridized carbons (Fsp3) is 0.455. The number of halogens is 1. The molecule has 0 spiro atoms. The van der Waals surface area contributed by atoms with Crippen LogP contribution in [0, 0.1) is 0 Å². The van der Waals surface area contributed by atoms with E-state index < -0.39 is 12.2 Å². The largest absolute Gasteiger partial charge is 0.324 e. The molecule has 0 N–H and O–H groups in total. The van der Waals surface area contributed by atoms with Crippen LogP contribution >= 0.6 is 0 Å². The van der Waals surface area contributed by atoms with Crippen LogP contribution in [0.4, 0.5) is 4.39 Å². The van der Waals surface area contributed by atoms with Crippen LogP contribution in [-0.4, -0.2) is 21.2 Å². The molecule has 80 valence electrons. The van der Waals surface area contributed by atoms with E-state index in [0.29, 0.717) is 0 Å². The topological polar surface area (TPSA) is 30.7 Å². The molecule has 0 aliphatic rings. The first-order valence-electron chi connectivity index (χ1n) is 5.05. The number of nitrogens with zero attached hydrogens (tertiary/aromatic N) is 3. The third kappa shape index (κ3) is 1.50. The van der Waals surface area contributed by atoms with Crippen LogP contribution in [-0.2, 0) is 5.54 Å². The smallest absolute Gasteiger partial charge is 0.143 e. The van der Waals surface area contributed by atoms with Gasteiger partial charge in [-0.05, 0) is 19.4 Å². The average molecular weight is 207 g/mol. The van der Waals surface area contributed by atoms with Crippen molar-refractivity contribution < 1.29 is 4.39 Å². The Hall–Kier alpha value is -1.45. The molecule has 0 fully saturated rings. The number of alkyl halides is 1. The molecule has 0 saturated carbocycles. The lowest BCUT2D eigenvalue weighted by Crippen LogP contribution is -2.31. The van der Waals surface area contributed by atoms with Gasteiger partial charge in [-0.25, -0.2) is 14.4 Å². The van der Waals surface area contributed by atoms with Crippen molar-refractivity contribution in [2.24, 2.45) is 0 Å². The van der Waals surface area contributed by atoms with Gasteiger partial charge in [-0.3, -0.25) is 0 Å². The third-order valence-corrected chi connectivity index (χ3v) is 2.98. The maximum Gasteiger partial charge on any atom is 0.143 e. The summed E-state index contributed by atoms with van der Waals surface area (Å²) < 4.78 is 15.0. The molecule has 1 unspecified atom stereocenters. The monoisotopic (exact) mass is 207 g/mol. The average Bonchev–Trinajstić information content (AvgIpc) is 2.72. The summed E-state index contributed by atoms with van der Waals surface area (Å²) in [6.07, 6.45) is 5.85. The molecule has 2 rings (SSSR count). The SMILES string of the molecule is CCC(C)(CF)n1ccc2cncnc21. The first kappa shape index (κ1) is 10.1. The van der Waals surface area contributed by atoms with Crippen molar-refractivity contribution in [3.05, 3.63) is 24.8 Å². The summed E-state index contributed by atoms with van der Waals surface area (Å²) in [4.78, 5) is 8.13. The molecule has 15 heavy (non-hydrogen) atoms. The van der Waals surface area contributed by atoms with Gasteiger partial charge >= 0.3 is 0 Å². The van der Waals surface area contributed by atoms with Gasteiger partial charge in [0, 0.05) is 17.8 Å². The van der Waals surface area contributed by atoms with Crippen molar-refractivity contribution in [2.75, 3.05) is 6.67 Å². The maximum absolute atomic E-state index is 13.1. The van der Waals surface area contributed by atoms with Gasteiger partial charge in [-0.2, -0.15) is 0 Å². The van der Waals surface area contributed by atoms with Gasteiger partial charge in [-0.15, -0.1) is 0 Å². The van der Waals surface area contributed by atoms with Crippen molar-refractivity contribution in [2.45, 2.75) is 25.8 Å². The normalized spacial score (nSPS) is 15.4. The lowest BCUT2D eigenvalue weighted by molar-refractivity contribution is 0.230. The summed E-state index contributed by atoms with van der Waals surface area (Å²) in [5.41, 5.74) is 0.294. The molecule has 0 aliphatic heterocycles. The highest BCUT2D eigenvalue weighted by Crippen LogP contribution is 2.25. The highest BCUT2D eigenvalue weighted by Gasteiger charge is 2.25. The van der Waals surface area contributed by atoms with E-state index in [1.807, 2.05) is 30.7 Å². The van der Waals surface area contributed by atoms with Crippen LogP contribution in [0.2, 0.25) is 0 Å². The van der Waals surface area contributed by atoms with Gasteiger partial charge in [0.05, 0.1) is 5.54 Å². The van der Waals surface area contributed by atoms with Crippen LogP contribution in [0.25, 0.3) is 11.0 Å². The van der Waals surface area contributed by atoms with E-state index in [1.54, 1.807) is 6.20 Å². The molecule has 0 saturated heterocycles. The van der Waals surface area contributed by atoms with E-state index in [1.165, 1.54) is 6.33 Å². The minimum Gasteiger partial charge on any atom is -0.324 e.